The Bertz CT molecular complexity index is 1090. The van der Waals surface area contributed by atoms with Gasteiger partial charge in [0.15, 0.2) is 0 Å². The molecular formula is C26H30FN3O3. The lowest BCUT2D eigenvalue weighted by Crippen LogP contribution is -2.33. The highest BCUT2D eigenvalue weighted by molar-refractivity contribution is 5.94. The largest absolute Gasteiger partial charge is 0.385 e. The number of halogens is 1. The summed E-state index contributed by atoms with van der Waals surface area (Å²) in [7, 11) is 1.63. The number of benzene rings is 2. The van der Waals surface area contributed by atoms with Gasteiger partial charge in [-0.1, -0.05) is 41.1 Å². The van der Waals surface area contributed by atoms with E-state index < -0.39 is 5.82 Å². The summed E-state index contributed by atoms with van der Waals surface area (Å²) in [5.74, 6) is -0.182. The lowest BCUT2D eigenvalue weighted by atomic mass is 10.0. The van der Waals surface area contributed by atoms with Gasteiger partial charge in [-0.25, -0.2) is 4.39 Å². The van der Waals surface area contributed by atoms with E-state index in [-0.39, 0.29) is 18.0 Å². The van der Waals surface area contributed by atoms with Crippen LogP contribution in [0.2, 0.25) is 0 Å². The van der Waals surface area contributed by atoms with Gasteiger partial charge >= 0.3 is 0 Å². The molecule has 33 heavy (non-hydrogen) atoms. The third kappa shape index (κ3) is 5.25. The first kappa shape index (κ1) is 23.0. The van der Waals surface area contributed by atoms with Crippen molar-refractivity contribution in [3.8, 4) is 11.3 Å². The van der Waals surface area contributed by atoms with E-state index in [2.05, 4.69) is 16.1 Å². The number of anilines is 1. The van der Waals surface area contributed by atoms with Gasteiger partial charge in [0, 0.05) is 38.9 Å². The molecule has 174 valence electrons. The number of nitrogens with zero attached hydrogens (tertiary/aromatic N) is 3. The summed E-state index contributed by atoms with van der Waals surface area (Å²) in [6.07, 6.45) is 2.82. The second-order valence-corrected chi connectivity index (χ2v) is 8.43. The summed E-state index contributed by atoms with van der Waals surface area (Å²) in [6.45, 7) is 5.02. The minimum absolute atomic E-state index is 0.0613. The quantitative estimate of drug-likeness (QED) is 0.425. The highest BCUT2D eigenvalue weighted by Crippen LogP contribution is 2.34. The van der Waals surface area contributed by atoms with Crippen molar-refractivity contribution in [2.45, 2.75) is 32.7 Å². The fourth-order valence-electron chi connectivity index (χ4n) is 4.28. The Hall–Kier alpha value is -3.19. The maximum atomic E-state index is 14.5. The second-order valence-electron chi connectivity index (χ2n) is 8.43. The molecule has 0 N–H and O–H groups in total. The molecule has 2 aromatic carbocycles. The van der Waals surface area contributed by atoms with Gasteiger partial charge in [-0.3, -0.25) is 4.79 Å². The topological polar surface area (TPSA) is 58.8 Å². The van der Waals surface area contributed by atoms with Gasteiger partial charge in [-0.15, -0.1) is 0 Å². The number of aromatic nitrogens is 1. The molecule has 1 aliphatic heterocycles. The summed E-state index contributed by atoms with van der Waals surface area (Å²) in [4.78, 5) is 17.3. The number of methoxy groups -OCH3 is 1. The number of amides is 1. The van der Waals surface area contributed by atoms with Gasteiger partial charge in [0.2, 0.25) is 5.88 Å². The van der Waals surface area contributed by atoms with Crippen molar-refractivity contribution >= 4 is 11.8 Å². The van der Waals surface area contributed by atoms with E-state index in [1.807, 2.05) is 25.1 Å². The number of carbonyl (C=O) groups is 1. The SMILES string of the molecule is COCCCN(Cc1c(-c2cccc(C)c2)noc1N1CCCC1)C(=O)c1ccccc1F. The zero-order chi connectivity index (χ0) is 23.2. The van der Waals surface area contributed by atoms with E-state index >= 15 is 0 Å². The smallest absolute Gasteiger partial charge is 0.257 e. The molecule has 1 saturated heterocycles. The van der Waals surface area contributed by atoms with Crippen LogP contribution in [0.15, 0.2) is 53.1 Å². The predicted octanol–water partition coefficient (Wildman–Crippen LogP) is 5.07. The van der Waals surface area contributed by atoms with E-state index in [1.165, 1.54) is 12.1 Å². The Labute approximate surface area is 193 Å². The van der Waals surface area contributed by atoms with Crippen molar-refractivity contribution in [3.63, 3.8) is 0 Å². The van der Waals surface area contributed by atoms with Crippen LogP contribution in [-0.4, -0.2) is 49.3 Å². The van der Waals surface area contributed by atoms with E-state index in [0.29, 0.717) is 25.5 Å². The average molecular weight is 452 g/mol. The van der Waals surface area contributed by atoms with Crippen LogP contribution in [0.5, 0.6) is 0 Å². The fraction of sp³-hybridized carbons (Fsp3) is 0.385. The van der Waals surface area contributed by atoms with Crippen LogP contribution < -0.4 is 4.90 Å². The number of carbonyl (C=O) groups excluding carboxylic acids is 1. The monoisotopic (exact) mass is 451 g/mol. The van der Waals surface area contributed by atoms with Crippen molar-refractivity contribution in [3.05, 3.63) is 71.0 Å². The number of hydrogen-bond acceptors (Lipinski definition) is 5. The van der Waals surface area contributed by atoms with Crippen LogP contribution in [0.1, 0.15) is 40.7 Å². The Balaban J connectivity index is 1.72. The summed E-state index contributed by atoms with van der Waals surface area (Å²) in [5.41, 5.74) is 3.69. The molecule has 3 aromatic rings. The van der Waals surface area contributed by atoms with Crippen LogP contribution in [0.4, 0.5) is 10.3 Å². The molecule has 0 aliphatic carbocycles. The lowest BCUT2D eigenvalue weighted by molar-refractivity contribution is 0.0719. The first-order valence-corrected chi connectivity index (χ1v) is 11.4. The van der Waals surface area contributed by atoms with E-state index in [0.717, 1.165) is 48.3 Å². The molecule has 6 nitrogen and oxygen atoms in total. The molecule has 1 fully saturated rings. The standard InChI is InChI=1S/C26H30FN3O3/c1-19-9-7-10-20(17-19)24-22(26(33-28-24)29-13-5-6-14-29)18-30(15-8-16-32-2)25(31)21-11-3-4-12-23(21)27/h3-4,7,9-12,17H,5-6,8,13-16,18H2,1-2H3. The van der Waals surface area contributed by atoms with Crippen molar-refractivity contribution in [2.75, 3.05) is 38.3 Å². The van der Waals surface area contributed by atoms with Crippen LogP contribution in [0.25, 0.3) is 11.3 Å². The van der Waals surface area contributed by atoms with Crippen LogP contribution in [0.3, 0.4) is 0 Å². The highest BCUT2D eigenvalue weighted by Gasteiger charge is 2.28. The lowest BCUT2D eigenvalue weighted by Gasteiger charge is -2.24. The Morgan fingerprint density at radius 3 is 2.70 bits per heavy atom. The van der Waals surface area contributed by atoms with Gasteiger partial charge in [0.25, 0.3) is 5.91 Å². The highest BCUT2D eigenvalue weighted by atomic mass is 19.1. The fourth-order valence-corrected chi connectivity index (χ4v) is 4.28. The number of ether oxygens (including phenoxy) is 1. The Kier molecular flexibility index (Phi) is 7.40. The second kappa shape index (κ2) is 10.6. The van der Waals surface area contributed by atoms with Crippen molar-refractivity contribution in [1.82, 2.24) is 10.1 Å². The van der Waals surface area contributed by atoms with E-state index in [9.17, 15) is 9.18 Å². The molecule has 0 saturated carbocycles. The summed E-state index contributed by atoms with van der Waals surface area (Å²) in [6, 6.07) is 14.2. The molecular weight excluding hydrogens is 421 g/mol. The van der Waals surface area contributed by atoms with Crippen molar-refractivity contribution < 1.29 is 18.4 Å². The number of hydrogen-bond donors (Lipinski definition) is 0. The van der Waals surface area contributed by atoms with E-state index in [1.54, 1.807) is 24.1 Å². The first-order chi connectivity index (χ1) is 16.1. The van der Waals surface area contributed by atoms with Crippen molar-refractivity contribution in [2.24, 2.45) is 0 Å². The summed E-state index contributed by atoms with van der Waals surface area (Å²) < 4.78 is 25.5. The number of rotatable bonds is 9. The number of aryl methyl sites for hydroxylation is 1. The predicted molar refractivity (Wildman–Crippen MR) is 126 cm³/mol. The van der Waals surface area contributed by atoms with Gasteiger partial charge in [-0.05, 0) is 44.4 Å². The van der Waals surface area contributed by atoms with Gasteiger partial charge in [-0.2, -0.15) is 0 Å². The zero-order valence-electron chi connectivity index (χ0n) is 19.2. The molecule has 0 spiro atoms. The molecule has 1 aromatic heterocycles. The molecule has 0 radical (unpaired) electrons. The maximum absolute atomic E-state index is 14.5. The molecule has 7 heteroatoms. The normalized spacial score (nSPS) is 13.5. The first-order valence-electron chi connectivity index (χ1n) is 11.4. The van der Waals surface area contributed by atoms with Gasteiger partial charge < -0.3 is 19.1 Å². The minimum Gasteiger partial charge on any atom is -0.385 e. The Morgan fingerprint density at radius 1 is 1.18 bits per heavy atom. The molecule has 1 amide bonds. The molecule has 4 rings (SSSR count). The Morgan fingerprint density at radius 2 is 1.97 bits per heavy atom. The van der Waals surface area contributed by atoms with Gasteiger partial charge in [0.05, 0.1) is 17.7 Å². The summed E-state index contributed by atoms with van der Waals surface area (Å²) in [5, 5.41) is 4.42. The summed E-state index contributed by atoms with van der Waals surface area (Å²) >= 11 is 0. The molecule has 0 bridgehead atoms. The third-order valence-electron chi connectivity index (χ3n) is 5.97. The third-order valence-corrected chi connectivity index (χ3v) is 5.97. The molecule has 0 atom stereocenters. The molecule has 2 heterocycles. The van der Waals surface area contributed by atoms with Crippen LogP contribution in [-0.2, 0) is 11.3 Å². The molecule has 0 unspecified atom stereocenters. The molecule has 1 aliphatic rings. The van der Waals surface area contributed by atoms with E-state index in [4.69, 9.17) is 9.26 Å². The van der Waals surface area contributed by atoms with Gasteiger partial charge in [0.1, 0.15) is 11.5 Å². The van der Waals surface area contributed by atoms with Crippen LogP contribution >= 0.6 is 0 Å². The maximum Gasteiger partial charge on any atom is 0.257 e. The average Bonchev–Trinajstić information content (AvgIpc) is 3.48. The zero-order valence-corrected chi connectivity index (χ0v) is 19.2. The van der Waals surface area contributed by atoms with Crippen molar-refractivity contribution in [1.29, 1.82) is 0 Å². The van der Waals surface area contributed by atoms with Crippen LogP contribution in [0, 0.1) is 12.7 Å². The minimum atomic E-state index is -0.525.